The molecular formula is C16H22IN3O4. The average molecular weight is 447 g/mol. The van der Waals surface area contributed by atoms with Crippen LogP contribution in [0.4, 0.5) is 0 Å². The first kappa shape index (κ1) is 16.6. The highest BCUT2D eigenvalue weighted by molar-refractivity contribution is 14.1. The molecule has 1 atom stereocenters. The Kier molecular flexibility index (Phi) is 3.85. The van der Waals surface area contributed by atoms with E-state index in [1.54, 1.807) is 11.8 Å². The lowest BCUT2D eigenvalue weighted by atomic mass is 9.87. The zero-order valence-corrected chi connectivity index (χ0v) is 15.8. The minimum Gasteiger partial charge on any atom is -0.467 e. The van der Waals surface area contributed by atoms with Crippen molar-refractivity contribution >= 4 is 34.4 Å². The summed E-state index contributed by atoms with van der Waals surface area (Å²) in [7, 11) is 0. The Labute approximate surface area is 154 Å². The van der Waals surface area contributed by atoms with Crippen molar-refractivity contribution in [2.75, 3.05) is 13.1 Å². The summed E-state index contributed by atoms with van der Waals surface area (Å²) in [5.41, 5.74) is -0.928. The molecule has 2 heterocycles. The lowest BCUT2D eigenvalue weighted by molar-refractivity contribution is -0.196. The van der Waals surface area contributed by atoms with Crippen molar-refractivity contribution in [1.29, 1.82) is 0 Å². The first-order valence-corrected chi connectivity index (χ1v) is 9.54. The number of aliphatic hydroxyl groups excluding tert-OH is 1. The van der Waals surface area contributed by atoms with Crippen LogP contribution in [0.15, 0.2) is 9.46 Å². The number of amides is 2. The van der Waals surface area contributed by atoms with E-state index in [1.807, 2.05) is 0 Å². The second-order valence-electron chi connectivity index (χ2n) is 7.49. The summed E-state index contributed by atoms with van der Waals surface area (Å²) >= 11 is 2.06. The molecule has 0 radical (unpaired) electrons. The van der Waals surface area contributed by atoms with Gasteiger partial charge in [0.05, 0.1) is 24.2 Å². The zero-order chi connectivity index (χ0) is 17.1. The maximum absolute atomic E-state index is 12.5. The van der Waals surface area contributed by atoms with Crippen molar-refractivity contribution in [2.45, 2.75) is 56.9 Å². The van der Waals surface area contributed by atoms with Crippen molar-refractivity contribution in [3.63, 3.8) is 0 Å². The molecule has 0 aromatic carbocycles. The second-order valence-corrected chi connectivity index (χ2v) is 8.47. The predicted molar refractivity (Wildman–Crippen MR) is 93.7 cm³/mol. The Morgan fingerprint density at radius 3 is 2.67 bits per heavy atom. The lowest BCUT2D eigenvalue weighted by Gasteiger charge is -2.52. The van der Waals surface area contributed by atoms with Crippen molar-refractivity contribution < 1.29 is 19.4 Å². The Bertz CT molecular complexity index is 621. The number of rotatable bonds is 4. The average Bonchev–Trinajstić information content (AvgIpc) is 3.25. The summed E-state index contributed by atoms with van der Waals surface area (Å²) in [5.74, 6) is -0.215. The van der Waals surface area contributed by atoms with E-state index in [4.69, 9.17) is 4.74 Å². The minimum absolute atomic E-state index is 0.0417. The number of allylic oxidation sites excluding steroid dienone is 1. The molecule has 132 valence electrons. The molecule has 2 saturated carbocycles. The van der Waals surface area contributed by atoms with Gasteiger partial charge in [0.25, 0.3) is 5.91 Å². The van der Waals surface area contributed by atoms with Gasteiger partial charge < -0.3 is 20.5 Å². The normalized spacial score (nSPS) is 29.2. The number of carbonyl (C=O) groups is 2. The van der Waals surface area contributed by atoms with E-state index in [0.29, 0.717) is 35.4 Å². The maximum Gasteiger partial charge on any atom is 0.271 e. The van der Waals surface area contributed by atoms with E-state index in [0.717, 1.165) is 19.3 Å². The summed E-state index contributed by atoms with van der Waals surface area (Å²) < 4.78 is 6.47. The third-order valence-corrected chi connectivity index (χ3v) is 6.76. The van der Waals surface area contributed by atoms with Gasteiger partial charge in [0.2, 0.25) is 11.5 Å². The minimum atomic E-state index is -0.933. The van der Waals surface area contributed by atoms with Gasteiger partial charge in [-0.15, -0.1) is 0 Å². The van der Waals surface area contributed by atoms with Crippen LogP contribution in [-0.2, 0) is 14.3 Å². The van der Waals surface area contributed by atoms with Crippen LogP contribution in [0.2, 0.25) is 0 Å². The molecule has 1 unspecified atom stereocenters. The predicted octanol–water partition coefficient (Wildman–Crippen LogP) is 0.578. The van der Waals surface area contributed by atoms with Crippen molar-refractivity contribution in [3.8, 4) is 0 Å². The molecule has 1 spiro atoms. The zero-order valence-electron chi connectivity index (χ0n) is 13.6. The number of carbonyl (C=O) groups excluding carboxylic acids is 2. The van der Waals surface area contributed by atoms with Crippen LogP contribution in [0.25, 0.3) is 0 Å². The quantitative estimate of drug-likeness (QED) is 0.549. The van der Waals surface area contributed by atoms with E-state index in [-0.39, 0.29) is 17.9 Å². The number of hydrogen-bond acceptors (Lipinski definition) is 5. The smallest absolute Gasteiger partial charge is 0.271 e. The summed E-state index contributed by atoms with van der Waals surface area (Å²) in [4.78, 5) is 26.6. The van der Waals surface area contributed by atoms with Gasteiger partial charge >= 0.3 is 0 Å². The van der Waals surface area contributed by atoms with Crippen LogP contribution in [-0.4, -0.2) is 52.8 Å². The van der Waals surface area contributed by atoms with Crippen LogP contribution in [0.5, 0.6) is 0 Å². The molecule has 2 aliphatic carbocycles. The molecule has 4 rings (SSSR count). The fourth-order valence-electron chi connectivity index (χ4n) is 3.59. The Hall–Kier alpha value is -0.870. The summed E-state index contributed by atoms with van der Waals surface area (Å²) in [6.07, 6.45) is 3.75. The Balaban J connectivity index is 1.39. The molecule has 4 aliphatic rings. The largest absolute Gasteiger partial charge is 0.467 e. The Morgan fingerprint density at radius 1 is 1.46 bits per heavy atom. The van der Waals surface area contributed by atoms with E-state index in [2.05, 4.69) is 33.2 Å². The fourth-order valence-corrected chi connectivity index (χ4v) is 4.14. The fraction of sp³-hybridized carbons (Fsp3) is 0.750. The van der Waals surface area contributed by atoms with Crippen LogP contribution in [0.3, 0.4) is 0 Å². The summed E-state index contributed by atoms with van der Waals surface area (Å²) in [6, 6.07) is 0.270. The maximum atomic E-state index is 12.5. The van der Waals surface area contributed by atoms with Gasteiger partial charge in [-0.3, -0.25) is 14.5 Å². The van der Waals surface area contributed by atoms with E-state index >= 15 is 0 Å². The molecule has 7 nitrogen and oxygen atoms in total. The first-order valence-electron chi connectivity index (χ1n) is 8.46. The Morgan fingerprint density at radius 2 is 2.12 bits per heavy atom. The molecule has 24 heavy (non-hydrogen) atoms. The number of aliphatic hydroxyl groups is 1. The number of halogens is 1. The van der Waals surface area contributed by atoms with Gasteiger partial charge in [0.1, 0.15) is 6.23 Å². The summed E-state index contributed by atoms with van der Waals surface area (Å²) in [5, 5.41) is 16.6. The number of ether oxygens (including phenoxy) is 1. The van der Waals surface area contributed by atoms with E-state index in [9.17, 15) is 14.7 Å². The highest BCUT2D eigenvalue weighted by Gasteiger charge is 2.63. The molecule has 1 saturated heterocycles. The van der Waals surface area contributed by atoms with E-state index in [1.165, 1.54) is 0 Å². The van der Waals surface area contributed by atoms with Gasteiger partial charge in [-0.05, 0) is 39.0 Å². The molecule has 2 aliphatic heterocycles. The van der Waals surface area contributed by atoms with Crippen molar-refractivity contribution in [1.82, 2.24) is 15.5 Å². The van der Waals surface area contributed by atoms with Gasteiger partial charge in [-0.25, -0.2) is 0 Å². The van der Waals surface area contributed by atoms with Gasteiger partial charge in [0.15, 0.2) is 3.77 Å². The highest BCUT2D eigenvalue weighted by atomic mass is 127. The van der Waals surface area contributed by atoms with Crippen LogP contribution < -0.4 is 10.6 Å². The second kappa shape index (κ2) is 5.57. The molecule has 2 amide bonds. The van der Waals surface area contributed by atoms with Gasteiger partial charge in [-0.2, -0.15) is 0 Å². The molecular weight excluding hydrogens is 425 g/mol. The number of nitrogens with one attached hydrogen (secondary N) is 2. The topological polar surface area (TPSA) is 90.9 Å². The molecule has 0 bridgehead atoms. The third-order valence-electron chi connectivity index (χ3n) is 5.73. The highest BCUT2D eigenvalue weighted by Crippen LogP contribution is 2.52. The van der Waals surface area contributed by atoms with Crippen molar-refractivity contribution in [3.05, 3.63) is 9.46 Å². The number of nitrogens with zero attached hydrogens (tertiary/aromatic N) is 1. The lowest BCUT2D eigenvalue weighted by Crippen LogP contribution is -2.74. The van der Waals surface area contributed by atoms with Crippen LogP contribution in [0.1, 0.15) is 39.0 Å². The van der Waals surface area contributed by atoms with Gasteiger partial charge in [0, 0.05) is 28.6 Å². The molecule has 0 aromatic heterocycles. The van der Waals surface area contributed by atoms with Crippen LogP contribution >= 0.6 is 22.6 Å². The van der Waals surface area contributed by atoms with Crippen LogP contribution in [0, 0.1) is 5.41 Å². The monoisotopic (exact) mass is 447 g/mol. The van der Waals surface area contributed by atoms with E-state index < -0.39 is 17.2 Å². The number of likely N-dealkylation sites (tertiary alicyclic amines) is 1. The number of hydrogen-bond donors (Lipinski definition) is 3. The SMILES string of the molecule is CC1=C(I)OC2(CN(C(O)C3(C(=O)NC4CCC4)CC3)C2)C(=O)N1. The standard InChI is InChI=1S/C16H22IN3O4/c1-9-11(17)24-16(13(22)18-9)7-20(8-16)14(23)15(5-6-15)12(21)19-10-3-2-4-10/h10,14,23H,2-8H2,1H3,(H,18,22)(H,19,21). The molecule has 3 N–H and O–H groups in total. The molecule has 8 heteroatoms. The summed E-state index contributed by atoms with van der Waals surface area (Å²) in [6.45, 7) is 2.40. The first-order chi connectivity index (χ1) is 11.4. The third kappa shape index (κ3) is 2.45. The van der Waals surface area contributed by atoms with Gasteiger partial charge in [-0.1, -0.05) is 0 Å². The van der Waals surface area contributed by atoms with Crippen molar-refractivity contribution in [2.24, 2.45) is 5.41 Å². The molecule has 0 aromatic rings. The molecule has 3 fully saturated rings.